The van der Waals surface area contributed by atoms with Gasteiger partial charge in [0.25, 0.3) is 0 Å². The van der Waals surface area contributed by atoms with Crippen molar-refractivity contribution in [1.82, 2.24) is 4.98 Å². The molecule has 0 N–H and O–H groups in total. The molecule has 0 aliphatic heterocycles. The Morgan fingerprint density at radius 2 is 2.67 bits per heavy atom. The second-order valence-corrected chi connectivity index (χ2v) is 2.68. The molecule has 1 rings (SSSR count). The van der Waals surface area contributed by atoms with Crippen LogP contribution in [-0.2, 0) is 0 Å². The van der Waals surface area contributed by atoms with Gasteiger partial charge in [0.1, 0.15) is 5.01 Å². The number of hydrogen-bond acceptors (Lipinski definition) is 2. The molecule has 0 bridgehead atoms. The van der Waals surface area contributed by atoms with Crippen LogP contribution in [0.4, 0.5) is 0 Å². The number of hydrogen-bond donors (Lipinski definition) is 0. The first kappa shape index (κ1) is 6.31. The zero-order chi connectivity index (χ0) is 6.69. The summed E-state index contributed by atoms with van der Waals surface area (Å²) in [5.74, 6) is 2.79. The van der Waals surface area contributed by atoms with Crippen LogP contribution in [0.1, 0.15) is 17.8 Å². The third-order valence-electron chi connectivity index (χ3n) is 1.07. The fourth-order valence-corrected chi connectivity index (χ4v) is 1.17. The molecular weight excluding hydrogens is 130 g/mol. The van der Waals surface area contributed by atoms with Crippen molar-refractivity contribution in [2.24, 2.45) is 0 Å². The van der Waals surface area contributed by atoms with Gasteiger partial charge in [-0.25, -0.2) is 4.98 Å². The number of nitrogens with zero attached hydrogens (tertiary/aromatic N) is 1. The first-order valence-corrected chi connectivity index (χ1v) is 3.58. The second-order valence-electron chi connectivity index (χ2n) is 1.76. The van der Waals surface area contributed by atoms with Crippen molar-refractivity contribution >= 4 is 11.3 Å². The molecule has 0 unspecified atom stereocenters. The van der Waals surface area contributed by atoms with Crippen LogP contribution in [-0.4, -0.2) is 4.98 Å². The summed E-state index contributed by atoms with van der Waals surface area (Å²) >= 11 is 1.60. The lowest BCUT2D eigenvalue weighted by Crippen LogP contribution is -1.85. The minimum atomic E-state index is 0.171. The standard InChI is InChI=1S/C7H7NS/c1-3-6(2)7-8-4-5-9-7/h1,4-6H,2H3/t6-/m1/s1. The van der Waals surface area contributed by atoms with Crippen molar-refractivity contribution in [1.29, 1.82) is 0 Å². The first-order valence-electron chi connectivity index (χ1n) is 2.70. The van der Waals surface area contributed by atoms with E-state index >= 15 is 0 Å². The van der Waals surface area contributed by atoms with Gasteiger partial charge in [-0.15, -0.1) is 17.8 Å². The van der Waals surface area contributed by atoms with E-state index in [4.69, 9.17) is 6.42 Å². The average molecular weight is 137 g/mol. The van der Waals surface area contributed by atoms with Gasteiger partial charge in [-0.1, -0.05) is 5.92 Å². The molecule has 0 saturated heterocycles. The first-order chi connectivity index (χ1) is 4.34. The van der Waals surface area contributed by atoms with Gasteiger partial charge in [0, 0.05) is 11.6 Å². The van der Waals surface area contributed by atoms with E-state index in [-0.39, 0.29) is 5.92 Å². The van der Waals surface area contributed by atoms with Crippen molar-refractivity contribution in [2.75, 3.05) is 0 Å². The maximum absolute atomic E-state index is 5.18. The van der Waals surface area contributed by atoms with Gasteiger partial charge in [-0.3, -0.25) is 0 Å². The Labute approximate surface area is 58.8 Å². The minimum absolute atomic E-state index is 0.171. The van der Waals surface area contributed by atoms with E-state index in [1.165, 1.54) is 0 Å². The van der Waals surface area contributed by atoms with Crippen molar-refractivity contribution in [3.8, 4) is 12.3 Å². The fraction of sp³-hybridized carbons (Fsp3) is 0.286. The summed E-state index contributed by atoms with van der Waals surface area (Å²) in [4.78, 5) is 4.06. The van der Waals surface area contributed by atoms with Crippen molar-refractivity contribution in [3.05, 3.63) is 16.6 Å². The third-order valence-corrected chi connectivity index (χ3v) is 2.03. The summed E-state index contributed by atoms with van der Waals surface area (Å²) in [6.07, 6.45) is 6.95. The Kier molecular flexibility index (Phi) is 1.86. The topological polar surface area (TPSA) is 12.9 Å². The van der Waals surface area contributed by atoms with E-state index in [1.807, 2.05) is 12.3 Å². The third kappa shape index (κ3) is 1.30. The van der Waals surface area contributed by atoms with Gasteiger partial charge in [0.2, 0.25) is 0 Å². The van der Waals surface area contributed by atoms with Crippen LogP contribution in [0.15, 0.2) is 11.6 Å². The van der Waals surface area contributed by atoms with Crippen molar-refractivity contribution < 1.29 is 0 Å². The molecule has 0 spiro atoms. The van der Waals surface area contributed by atoms with Gasteiger partial charge >= 0.3 is 0 Å². The maximum Gasteiger partial charge on any atom is 0.107 e. The number of thiazole rings is 1. The molecule has 1 nitrogen and oxygen atoms in total. The Morgan fingerprint density at radius 3 is 3.11 bits per heavy atom. The van der Waals surface area contributed by atoms with Gasteiger partial charge in [0.15, 0.2) is 0 Å². The van der Waals surface area contributed by atoms with E-state index < -0.39 is 0 Å². The lowest BCUT2D eigenvalue weighted by Gasteiger charge is -1.93. The van der Waals surface area contributed by atoms with Gasteiger partial charge < -0.3 is 0 Å². The predicted octanol–water partition coefficient (Wildman–Crippen LogP) is 1.88. The summed E-state index contributed by atoms with van der Waals surface area (Å²) in [7, 11) is 0. The summed E-state index contributed by atoms with van der Waals surface area (Å²) in [6, 6.07) is 0. The van der Waals surface area contributed by atoms with Crippen LogP contribution in [0.2, 0.25) is 0 Å². The zero-order valence-corrected chi connectivity index (χ0v) is 5.98. The monoisotopic (exact) mass is 137 g/mol. The van der Waals surface area contributed by atoms with Gasteiger partial charge in [0.05, 0.1) is 5.92 Å². The van der Waals surface area contributed by atoms with Crippen LogP contribution in [0.5, 0.6) is 0 Å². The average Bonchev–Trinajstić information content (AvgIpc) is 2.37. The second kappa shape index (κ2) is 2.65. The number of terminal acetylenes is 1. The van der Waals surface area contributed by atoms with Crippen molar-refractivity contribution in [3.63, 3.8) is 0 Å². The molecule has 0 saturated carbocycles. The molecule has 0 aromatic carbocycles. The highest BCUT2D eigenvalue weighted by molar-refractivity contribution is 7.09. The molecule has 0 aliphatic carbocycles. The molecule has 0 aliphatic rings. The molecule has 1 aromatic rings. The fourth-order valence-electron chi connectivity index (χ4n) is 0.520. The highest BCUT2D eigenvalue weighted by Crippen LogP contribution is 2.15. The van der Waals surface area contributed by atoms with E-state index in [0.717, 1.165) is 5.01 Å². The SMILES string of the molecule is C#C[C@@H](C)c1nccs1. The maximum atomic E-state index is 5.18. The molecule has 2 heteroatoms. The molecule has 0 radical (unpaired) electrons. The minimum Gasteiger partial charge on any atom is -0.248 e. The molecule has 1 atom stereocenters. The normalized spacial score (nSPS) is 12.4. The van der Waals surface area contributed by atoms with E-state index in [1.54, 1.807) is 17.5 Å². The van der Waals surface area contributed by atoms with E-state index in [9.17, 15) is 0 Å². The summed E-state index contributed by atoms with van der Waals surface area (Å²) < 4.78 is 0. The molecule has 46 valence electrons. The Morgan fingerprint density at radius 1 is 1.89 bits per heavy atom. The van der Waals surface area contributed by atoms with Crippen LogP contribution in [0, 0.1) is 12.3 Å². The number of aromatic nitrogens is 1. The van der Waals surface area contributed by atoms with Crippen molar-refractivity contribution in [2.45, 2.75) is 12.8 Å². The highest BCUT2D eigenvalue weighted by Gasteiger charge is 2.01. The predicted molar refractivity (Wildman–Crippen MR) is 39.4 cm³/mol. The Bertz CT molecular complexity index is 207. The highest BCUT2D eigenvalue weighted by atomic mass is 32.1. The molecule has 0 amide bonds. The van der Waals surface area contributed by atoms with E-state index in [2.05, 4.69) is 10.9 Å². The van der Waals surface area contributed by atoms with Crippen LogP contribution < -0.4 is 0 Å². The lowest BCUT2D eigenvalue weighted by atomic mass is 10.2. The summed E-state index contributed by atoms with van der Waals surface area (Å²) in [5.41, 5.74) is 0. The van der Waals surface area contributed by atoms with Crippen LogP contribution in [0.25, 0.3) is 0 Å². The number of rotatable bonds is 1. The van der Waals surface area contributed by atoms with Crippen LogP contribution >= 0.6 is 11.3 Å². The zero-order valence-electron chi connectivity index (χ0n) is 5.16. The summed E-state index contributed by atoms with van der Waals surface area (Å²) in [5, 5.41) is 2.96. The Hall–Kier alpha value is -0.810. The van der Waals surface area contributed by atoms with E-state index in [0.29, 0.717) is 0 Å². The molecule has 0 fully saturated rings. The van der Waals surface area contributed by atoms with Gasteiger partial charge in [-0.05, 0) is 6.92 Å². The van der Waals surface area contributed by atoms with Crippen LogP contribution in [0.3, 0.4) is 0 Å². The molecule has 1 aromatic heterocycles. The smallest absolute Gasteiger partial charge is 0.107 e. The summed E-state index contributed by atoms with van der Waals surface area (Å²) in [6.45, 7) is 1.97. The largest absolute Gasteiger partial charge is 0.248 e. The Balaban J connectivity index is 2.80. The lowest BCUT2D eigenvalue weighted by molar-refractivity contribution is 0.980. The van der Waals surface area contributed by atoms with Gasteiger partial charge in [-0.2, -0.15) is 0 Å². The molecule has 9 heavy (non-hydrogen) atoms. The quantitative estimate of drug-likeness (QED) is 0.538. The molecular formula is C7H7NS. The molecule has 1 heterocycles.